The Labute approximate surface area is 120 Å². The molecule has 4 heteroatoms. The minimum Gasteiger partial charge on any atom is -0.309 e. The minimum atomic E-state index is 0.749. The molecule has 1 aromatic heterocycles. The van der Waals surface area contributed by atoms with E-state index < -0.39 is 0 Å². The Morgan fingerprint density at radius 2 is 2.17 bits per heavy atom. The third kappa shape index (κ3) is 2.66. The zero-order valence-electron chi connectivity index (χ0n) is 10.2. The van der Waals surface area contributed by atoms with Crippen LogP contribution in [0.4, 0.5) is 0 Å². The summed E-state index contributed by atoms with van der Waals surface area (Å²) in [4.78, 5) is 6.04. The van der Waals surface area contributed by atoms with Crippen LogP contribution in [0.2, 0.25) is 0 Å². The largest absolute Gasteiger partial charge is 0.309 e. The highest BCUT2D eigenvalue weighted by Gasteiger charge is 2.21. The molecule has 1 saturated carbocycles. The second kappa shape index (κ2) is 5.11. The Hall–Kier alpha value is -0.710. The van der Waals surface area contributed by atoms with E-state index in [1.54, 1.807) is 11.3 Å². The number of hydrogen-bond acceptors (Lipinski definition) is 3. The molecule has 18 heavy (non-hydrogen) atoms. The first kappa shape index (κ1) is 12.3. The standard InChI is InChI=1S/C14H15BrN2S/c1-9-13(8-16-10-6-7-10)18-14(17-9)11-4-2-3-5-12(11)15/h2-5,10,16H,6-8H2,1H3. The van der Waals surface area contributed by atoms with Crippen LogP contribution in [0.3, 0.4) is 0 Å². The van der Waals surface area contributed by atoms with Gasteiger partial charge in [0.15, 0.2) is 0 Å². The van der Waals surface area contributed by atoms with Crippen LogP contribution in [0.1, 0.15) is 23.4 Å². The van der Waals surface area contributed by atoms with Gasteiger partial charge in [-0.3, -0.25) is 0 Å². The van der Waals surface area contributed by atoms with Gasteiger partial charge in [-0.1, -0.05) is 34.1 Å². The van der Waals surface area contributed by atoms with Crippen LogP contribution in [0, 0.1) is 6.92 Å². The average Bonchev–Trinajstić information content (AvgIpc) is 3.11. The quantitative estimate of drug-likeness (QED) is 0.915. The van der Waals surface area contributed by atoms with E-state index in [-0.39, 0.29) is 0 Å². The molecule has 0 aliphatic heterocycles. The number of rotatable bonds is 4. The van der Waals surface area contributed by atoms with Crippen molar-refractivity contribution >= 4 is 27.3 Å². The molecule has 0 saturated heterocycles. The van der Waals surface area contributed by atoms with Gasteiger partial charge in [0.2, 0.25) is 0 Å². The third-order valence-corrected chi connectivity index (χ3v) is 5.01. The van der Waals surface area contributed by atoms with Crippen LogP contribution in [0.5, 0.6) is 0 Å². The molecule has 0 unspecified atom stereocenters. The highest BCUT2D eigenvalue weighted by molar-refractivity contribution is 9.10. The first-order valence-electron chi connectivity index (χ1n) is 6.18. The van der Waals surface area contributed by atoms with Crippen LogP contribution in [0.15, 0.2) is 28.7 Å². The smallest absolute Gasteiger partial charge is 0.125 e. The number of hydrogen-bond donors (Lipinski definition) is 1. The van der Waals surface area contributed by atoms with E-state index >= 15 is 0 Å². The Bertz CT molecular complexity index is 561. The molecular weight excluding hydrogens is 308 g/mol. The molecule has 1 heterocycles. The van der Waals surface area contributed by atoms with E-state index in [1.165, 1.54) is 23.3 Å². The Morgan fingerprint density at radius 3 is 2.89 bits per heavy atom. The van der Waals surface area contributed by atoms with Crippen molar-refractivity contribution in [2.75, 3.05) is 0 Å². The van der Waals surface area contributed by atoms with Crippen molar-refractivity contribution in [3.8, 4) is 10.6 Å². The van der Waals surface area contributed by atoms with Crippen molar-refractivity contribution in [2.45, 2.75) is 32.4 Å². The number of benzene rings is 1. The van der Waals surface area contributed by atoms with Gasteiger partial charge in [0, 0.05) is 27.5 Å². The van der Waals surface area contributed by atoms with Crippen LogP contribution in [-0.2, 0) is 6.54 Å². The van der Waals surface area contributed by atoms with Gasteiger partial charge in [-0.15, -0.1) is 11.3 Å². The van der Waals surface area contributed by atoms with Gasteiger partial charge in [0.05, 0.1) is 5.69 Å². The highest BCUT2D eigenvalue weighted by Crippen LogP contribution is 2.33. The Kier molecular flexibility index (Phi) is 3.50. The van der Waals surface area contributed by atoms with Gasteiger partial charge >= 0.3 is 0 Å². The van der Waals surface area contributed by atoms with Crippen molar-refractivity contribution in [1.82, 2.24) is 10.3 Å². The van der Waals surface area contributed by atoms with Crippen molar-refractivity contribution in [3.63, 3.8) is 0 Å². The van der Waals surface area contributed by atoms with Crippen molar-refractivity contribution in [3.05, 3.63) is 39.3 Å². The highest BCUT2D eigenvalue weighted by atomic mass is 79.9. The summed E-state index contributed by atoms with van der Waals surface area (Å²) < 4.78 is 1.11. The van der Waals surface area contributed by atoms with E-state index in [2.05, 4.69) is 51.4 Å². The van der Waals surface area contributed by atoms with E-state index in [9.17, 15) is 0 Å². The molecule has 2 aromatic rings. The summed E-state index contributed by atoms with van der Waals surface area (Å²) in [5.74, 6) is 0. The van der Waals surface area contributed by atoms with Crippen LogP contribution >= 0.6 is 27.3 Å². The molecule has 1 N–H and O–H groups in total. The van der Waals surface area contributed by atoms with Crippen molar-refractivity contribution in [1.29, 1.82) is 0 Å². The number of aromatic nitrogens is 1. The summed E-state index contributed by atoms with van der Waals surface area (Å²) in [6.07, 6.45) is 2.66. The van der Waals surface area contributed by atoms with Crippen molar-refractivity contribution < 1.29 is 0 Å². The lowest BCUT2D eigenvalue weighted by Gasteiger charge is -2.00. The third-order valence-electron chi connectivity index (χ3n) is 3.13. The zero-order chi connectivity index (χ0) is 12.5. The predicted molar refractivity (Wildman–Crippen MR) is 79.8 cm³/mol. The topological polar surface area (TPSA) is 24.9 Å². The molecule has 0 radical (unpaired) electrons. The maximum Gasteiger partial charge on any atom is 0.125 e. The van der Waals surface area contributed by atoms with E-state index in [0.717, 1.165) is 27.8 Å². The predicted octanol–water partition coefficient (Wildman–Crippen LogP) is 4.13. The van der Waals surface area contributed by atoms with Gasteiger partial charge in [-0.2, -0.15) is 0 Å². The van der Waals surface area contributed by atoms with Gasteiger partial charge < -0.3 is 5.32 Å². The number of halogens is 1. The molecular formula is C14H15BrN2S. The summed E-state index contributed by atoms with van der Waals surface area (Å²) in [6, 6.07) is 9.01. The molecule has 94 valence electrons. The normalized spacial score (nSPS) is 15.0. The first-order chi connectivity index (χ1) is 8.74. The molecule has 0 bridgehead atoms. The van der Waals surface area contributed by atoms with E-state index in [4.69, 9.17) is 0 Å². The fraction of sp³-hybridized carbons (Fsp3) is 0.357. The first-order valence-corrected chi connectivity index (χ1v) is 7.79. The number of aryl methyl sites for hydroxylation is 1. The summed E-state index contributed by atoms with van der Waals surface area (Å²) >= 11 is 5.38. The fourth-order valence-corrected chi connectivity index (χ4v) is 3.52. The van der Waals surface area contributed by atoms with E-state index in [0.29, 0.717) is 0 Å². The molecule has 1 aliphatic carbocycles. The van der Waals surface area contributed by atoms with Crippen LogP contribution in [-0.4, -0.2) is 11.0 Å². The minimum absolute atomic E-state index is 0.749. The monoisotopic (exact) mass is 322 g/mol. The number of thiazole rings is 1. The maximum absolute atomic E-state index is 4.69. The SMILES string of the molecule is Cc1nc(-c2ccccc2Br)sc1CNC1CC1. The summed E-state index contributed by atoms with van der Waals surface area (Å²) in [7, 11) is 0. The lowest BCUT2D eigenvalue weighted by Crippen LogP contribution is -2.14. The average molecular weight is 323 g/mol. The summed E-state index contributed by atoms with van der Waals surface area (Å²) in [5.41, 5.74) is 2.34. The van der Waals surface area contributed by atoms with Gasteiger partial charge in [0.25, 0.3) is 0 Å². The molecule has 2 nitrogen and oxygen atoms in total. The lowest BCUT2D eigenvalue weighted by atomic mass is 10.2. The second-order valence-electron chi connectivity index (χ2n) is 4.66. The van der Waals surface area contributed by atoms with Crippen LogP contribution < -0.4 is 5.32 Å². The number of nitrogens with zero attached hydrogens (tertiary/aromatic N) is 1. The van der Waals surface area contributed by atoms with Crippen LogP contribution in [0.25, 0.3) is 10.6 Å². The lowest BCUT2D eigenvalue weighted by molar-refractivity contribution is 0.691. The van der Waals surface area contributed by atoms with Gasteiger partial charge in [-0.25, -0.2) is 4.98 Å². The molecule has 1 aliphatic rings. The van der Waals surface area contributed by atoms with E-state index in [1.807, 2.05) is 6.07 Å². The summed E-state index contributed by atoms with van der Waals surface area (Å²) in [5, 5.41) is 4.66. The molecule has 0 atom stereocenters. The Morgan fingerprint density at radius 1 is 1.39 bits per heavy atom. The summed E-state index contributed by atoms with van der Waals surface area (Å²) in [6.45, 7) is 3.05. The van der Waals surface area contributed by atoms with Crippen molar-refractivity contribution in [2.24, 2.45) is 0 Å². The van der Waals surface area contributed by atoms with Gasteiger partial charge in [0.1, 0.15) is 5.01 Å². The molecule has 0 amide bonds. The molecule has 1 fully saturated rings. The molecule has 1 aromatic carbocycles. The molecule has 0 spiro atoms. The zero-order valence-corrected chi connectivity index (χ0v) is 12.6. The Balaban J connectivity index is 1.84. The fourth-order valence-electron chi connectivity index (χ4n) is 1.87. The number of nitrogens with one attached hydrogen (secondary N) is 1. The second-order valence-corrected chi connectivity index (χ2v) is 6.60. The molecule has 3 rings (SSSR count). The maximum atomic E-state index is 4.69. The van der Waals surface area contributed by atoms with Gasteiger partial charge in [-0.05, 0) is 25.8 Å².